The highest BCUT2D eigenvalue weighted by atomic mass is 32.1. The summed E-state index contributed by atoms with van der Waals surface area (Å²) < 4.78 is 5.01. The molecule has 0 saturated carbocycles. The molecule has 3 N–H and O–H groups in total. The Morgan fingerprint density at radius 2 is 2.54 bits per heavy atom. The predicted molar refractivity (Wildman–Crippen MR) is 47.5 cm³/mol. The van der Waals surface area contributed by atoms with Crippen molar-refractivity contribution in [3.8, 4) is 5.75 Å². The summed E-state index contributed by atoms with van der Waals surface area (Å²) in [6, 6.07) is 1.62. The minimum atomic E-state index is -0.442. The molecule has 0 aromatic carbocycles. The zero-order valence-electron chi connectivity index (χ0n) is 6.65. The maximum Gasteiger partial charge on any atom is 0.271 e. The van der Waals surface area contributed by atoms with Crippen LogP contribution in [0.1, 0.15) is 9.67 Å². The van der Waals surface area contributed by atoms with Crippen molar-refractivity contribution in [3.63, 3.8) is 0 Å². The van der Waals surface area contributed by atoms with Crippen molar-refractivity contribution in [2.45, 2.75) is 0 Å². The molecule has 0 saturated heterocycles. The lowest BCUT2D eigenvalue weighted by Gasteiger charge is -2.02. The van der Waals surface area contributed by atoms with Crippen molar-refractivity contribution in [2.24, 2.45) is 5.84 Å². The Morgan fingerprint density at radius 1 is 1.77 bits per heavy atom. The molecular formula is C7H8N2O3S. The van der Waals surface area contributed by atoms with Gasteiger partial charge in [0.15, 0.2) is 12.9 Å². The summed E-state index contributed by atoms with van der Waals surface area (Å²) in [5.41, 5.74) is 1.92. The molecule has 1 rings (SSSR count). The lowest BCUT2D eigenvalue weighted by Crippen LogP contribution is -2.34. The van der Waals surface area contributed by atoms with E-state index in [2.05, 4.69) is 0 Å². The lowest BCUT2D eigenvalue weighted by molar-refractivity contribution is -0.123. The fraction of sp³-hybridized carbons (Fsp3) is 0.143. The number of carbonyl (C=O) groups excluding carboxylic acids is 2. The van der Waals surface area contributed by atoms with Crippen LogP contribution in [0.3, 0.4) is 0 Å². The first kappa shape index (κ1) is 9.69. The highest BCUT2D eigenvalue weighted by Crippen LogP contribution is 2.22. The molecule has 0 fully saturated rings. The molecule has 0 unspecified atom stereocenters. The van der Waals surface area contributed by atoms with E-state index in [1.807, 2.05) is 5.43 Å². The van der Waals surface area contributed by atoms with Gasteiger partial charge in [-0.15, -0.1) is 11.3 Å². The van der Waals surface area contributed by atoms with Gasteiger partial charge >= 0.3 is 0 Å². The molecule has 5 nitrogen and oxygen atoms in total. The fourth-order valence-electron chi connectivity index (χ4n) is 0.699. The zero-order valence-corrected chi connectivity index (χ0v) is 7.47. The summed E-state index contributed by atoms with van der Waals surface area (Å²) in [7, 11) is 0. The van der Waals surface area contributed by atoms with Gasteiger partial charge in [0.25, 0.3) is 5.91 Å². The quantitative estimate of drug-likeness (QED) is 0.308. The second-order valence-corrected chi connectivity index (χ2v) is 3.07. The van der Waals surface area contributed by atoms with Gasteiger partial charge in [0.1, 0.15) is 10.6 Å². The van der Waals surface area contributed by atoms with E-state index >= 15 is 0 Å². The molecule has 0 aliphatic heterocycles. The first-order chi connectivity index (χ1) is 6.27. The van der Waals surface area contributed by atoms with Crippen LogP contribution in [0, 0.1) is 0 Å². The predicted octanol–water partition coefficient (Wildman–Crippen LogP) is -0.0707. The summed E-state index contributed by atoms with van der Waals surface area (Å²) in [4.78, 5) is 21.5. The van der Waals surface area contributed by atoms with Crippen molar-refractivity contribution in [1.29, 1.82) is 0 Å². The standard InChI is InChI=1S/C7H8N2O3S/c8-9-7(11)4-12-5-1-2-13-6(5)3-10/h1-3H,4,8H2,(H,9,11). The third kappa shape index (κ3) is 2.53. The fourth-order valence-corrected chi connectivity index (χ4v) is 1.34. The minimum absolute atomic E-state index is 0.186. The Kier molecular flexibility index (Phi) is 3.41. The zero-order chi connectivity index (χ0) is 9.68. The number of hydrogen-bond donors (Lipinski definition) is 2. The first-order valence-corrected chi connectivity index (χ1v) is 4.31. The monoisotopic (exact) mass is 200 g/mol. The third-order valence-corrected chi connectivity index (χ3v) is 2.11. The Balaban J connectivity index is 2.53. The number of amides is 1. The SMILES string of the molecule is NNC(=O)COc1ccsc1C=O. The van der Waals surface area contributed by atoms with E-state index in [0.29, 0.717) is 16.9 Å². The number of aldehydes is 1. The highest BCUT2D eigenvalue weighted by molar-refractivity contribution is 7.12. The van der Waals surface area contributed by atoms with E-state index in [1.165, 1.54) is 11.3 Å². The highest BCUT2D eigenvalue weighted by Gasteiger charge is 2.05. The second-order valence-electron chi connectivity index (χ2n) is 2.12. The molecule has 0 aliphatic carbocycles. The van der Waals surface area contributed by atoms with Crippen LogP contribution in [0.4, 0.5) is 0 Å². The summed E-state index contributed by atoms with van der Waals surface area (Å²) in [6.07, 6.45) is 0.681. The molecule has 1 aromatic rings. The number of carbonyl (C=O) groups is 2. The molecule has 0 bridgehead atoms. The van der Waals surface area contributed by atoms with Gasteiger partial charge in [-0.25, -0.2) is 5.84 Å². The number of hydrazine groups is 1. The van der Waals surface area contributed by atoms with Crippen LogP contribution in [0.25, 0.3) is 0 Å². The molecule has 70 valence electrons. The van der Waals surface area contributed by atoms with Crippen molar-refractivity contribution in [2.75, 3.05) is 6.61 Å². The molecular weight excluding hydrogens is 192 g/mol. The number of nitrogens with two attached hydrogens (primary N) is 1. The van der Waals surface area contributed by atoms with Gasteiger partial charge in [-0.2, -0.15) is 0 Å². The third-order valence-electron chi connectivity index (χ3n) is 1.28. The van der Waals surface area contributed by atoms with Gasteiger partial charge in [-0.1, -0.05) is 0 Å². The van der Waals surface area contributed by atoms with Crippen LogP contribution >= 0.6 is 11.3 Å². The number of hydrogen-bond acceptors (Lipinski definition) is 5. The molecule has 6 heteroatoms. The normalized spacial score (nSPS) is 9.31. The van der Waals surface area contributed by atoms with Crippen LogP contribution in [-0.2, 0) is 4.79 Å². The average molecular weight is 200 g/mol. The van der Waals surface area contributed by atoms with Gasteiger partial charge in [-0.3, -0.25) is 15.0 Å². The van der Waals surface area contributed by atoms with E-state index in [0.717, 1.165) is 0 Å². The largest absolute Gasteiger partial charge is 0.482 e. The first-order valence-electron chi connectivity index (χ1n) is 3.43. The minimum Gasteiger partial charge on any atom is -0.482 e. The van der Waals surface area contributed by atoms with Crippen LogP contribution < -0.4 is 16.0 Å². The molecule has 1 aromatic heterocycles. The maximum atomic E-state index is 10.7. The number of rotatable bonds is 4. The van der Waals surface area contributed by atoms with Gasteiger partial charge in [0.2, 0.25) is 0 Å². The van der Waals surface area contributed by atoms with Crippen molar-refractivity contribution >= 4 is 23.5 Å². The van der Waals surface area contributed by atoms with Crippen LogP contribution in [0.2, 0.25) is 0 Å². The molecule has 0 atom stereocenters. The Hall–Kier alpha value is -1.40. The van der Waals surface area contributed by atoms with Crippen LogP contribution in [0.15, 0.2) is 11.4 Å². The van der Waals surface area contributed by atoms with Crippen molar-refractivity contribution in [1.82, 2.24) is 5.43 Å². The Labute approximate surface area is 78.5 Å². The topological polar surface area (TPSA) is 81.4 Å². The summed E-state index contributed by atoms with van der Waals surface area (Å²) in [5, 5.41) is 1.71. The summed E-state index contributed by atoms with van der Waals surface area (Å²) >= 11 is 1.25. The lowest BCUT2D eigenvalue weighted by atomic mass is 10.4. The van der Waals surface area contributed by atoms with Gasteiger partial charge in [-0.05, 0) is 11.4 Å². The molecule has 1 amide bonds. The molecule has 0 spiro atoms. The smallest absolute Gasteiger partial charge is 0.271 e. The van der Waals surface area contributed by atoms with E-state index in [4.69, 9.17) is 10.6 Å². The average Bonchev–Trinajstić information content (AvgIpc) is 2.61. The van der Waals surface area contributed by atoms with Crippen LogP contribution in [-0.4, -0.2) is 18.8 Å². The molecule has 13 heavy (non-hydrogen) atoms. The van der Waals surface area contributed by atoms with Crippen molar-refractivity contribution < 1.29 is 14.3 Å². The van der Waals surface area contributed by atoms with Gasteiger partial charge in [0, 0.05) is 0 Å². The summed E-state index contributed by atoms with van der Waals surface area (Å²) in [5.74, 6) is 4.80. The van der Waals surface area contributed by atoms with E-state index in [9.17, 15) is 9.59 Å². The molecule has 1 heterocycles. The van der Waals surface area contributed by atoms with E-state index < -0.39 is 5.91 Å². The number of thiophene rings is 1. The maximum absolute atomic E-state index is 10.7. The van der Waals surface area contributed by atoms with E-state index in [1.54, 1.807) is 11.4 Å². The Bertz CT molecular complexity index is 310. The Morgan fingerprint density at radius 3 is 3.15 bits per heavy atom. The van der Waals surface area contributed by atoms with E-state index in [-0.39, 0.29) is 6.61 Å². The second kappa shape index (κ2) is 4.58. The number of ether oxygens (including phenoxy) is 1. The van der Waals surface area contributed by atoms with Gasteiger partial charge in [0.05, 0.1) is 0 Å². The molecule has 0 radical (unpaired) electrons. The summed E-state index contributed by atoms with van der Waals surface area (Å²) in [6.45, 7) is -0.186. The van der Waals surface area contributed by atoms with Crippen LogP contribution in [0.5, 0.6) is 5.75 Å². The molecule has 0 aliphatic rings. The van der Waals surface area contributed by atoms with Crippen molar-refractivity contribution in [3.05, 3.63) is 16.3 Å². The number of nitrogens with one attached hydrogen (secondary N) is 1. The van der Waals surface area contributed by atoms with Gasteiger partial charge < -0.3 is 4.74 Å².